The third-order valence-electron chi connectivity index (χ3n) is 4.80. The lowest BCUT2D eigenvalue weighted by molar-refractivity contribution is 0.345. The van der Waals surface area contributed by atoms with Gasteiger partial charge in [-0.15, -0.1) is 0 Å². The van der Waals surface area contributed by atoms with E-state index in [0.29, 0.717) is 12.0 Å². The van der Waals surface area contributed by atoms with Gasteiger partial charge in [0.05, 0.1) is 5.52 Å². The van der Waals surface area contributed by atoms with E-state index in [-0.39, 0.29) is 0 Å². The van der Waals surface area contributed by atoms with Crippen molar-refractivity contribution >= 4 is 16.7 Å². The van der Waals surface area contributed by atoms with Crippen molar-refractivity contribution in [1.82, 2.24) is 15.0 Å². The SMILES string of the molecule is CN(Cc1cccc2ncccc12)c1cc(C2CC(N)C2)ncn1. The molecule has 0 saturated heterocycles. The number of nitrogens with zero attached hydrogens (tertiary/aromatic N) is 4. The maximum atomic E-state index is 5.90. The first-order valence-electron chi connectivity index (χ1n) is 8.32. The van der Waals surface area contributed by atoms with Crippen LogP contribution in [0, 0.1) is 0 Å². The maximum Gasteiger partial charge on any atom is 0.132 e. The number of anilines is 1. The third kappa shape index (κ3) is 2.83. The average Bonchev–Trinajstić information content (AvgIpc) is 2.59. The second-order valence-corrected chi connectivity index (χ2v) is 6.57. The highest BCUT2D eigenvalue weighted by Gasteiger charge is 2.28. The Labute approximate surface area is 141 Å². The standard InChI is InChI=1S/C19H21N5/c1-24(11-13-4-2-6-17-16(13)5-3-7-21-17)19-10-18(22-12-23-19)14-8-15(20)9-14/h2-7,10,12,14-15H,8-9,11,20H2,1H3. The molecule has 0 bridgehead atoms. The van der Waals surface area contributed by atoms with Crippen molar-refractivity contribution < 1.29 is 0 Å². The van der Waals surface area contributed by atoms with E-state index in [9.17, 15) is 0 Å². The zero-order valence-corrected chi connectivity index (χ0v) is 13.8. The fourth-order valence-electron chi connectivity index (χ4n) is 3.34. The summed E-state index contributed by atoms with van der Waals surface area (Å²) in [5.74, 6) is 1.43. The second-order valence-electron chi connectivity index (χ2n) is 6.57. The van der Waals surface area contributed by atoms with Crippen LogP contribution in [0.2, 0.25) is 0 Å². The molecule has 5 heteroatoms. The molecule has 2 heterocycles. The fraction of sp³-hybridized carbons (Fsp3) is 0.316. The topological polar surface area (TPSA) is 67.9 Å². The third-order valence-corrected chi connectivity index (χ3v) is 4.80. The largest absolute Gasteiger partial charge is 0.355 e. The number of rotatable bonds is 4. The number of nitrogens with two attached hydrogens (primary N) is 1. The number of hydrogen-bond acceptors (Lipinski definition) is 5. The molecular weight excluding hydrogens is 298 g/mol. The van der Waals surface area contributed by atoms with Crippen molar-refractivity contribution in [3.8, 4) is 0 Å². The van der Waals surface area contributed by atoms with Gasteiger partial charge in [-0.05, 0) is 30.5 Å². The predicted octanol–water partition coefficient (Wildman–Crippen LogP) is 2.87. The first-order chi connectivity index (χ1) is 11.7. The summed E-state index contributed by atoms with van der Waals surface area (Å²) in [5, 5.41) is 1.19. The van der Waals surface area contributed by atoms with Crippen molar-refractivity contribution in [3.05, 3.63) is 60.2 Å². The van der Waals surface area contributed by atoms with Crippen molar-refractivity contribution in [2.24, 2.45) is 5.73 Å². The quantitative estimate of drug-likeness (QED) is 0.801. The lowest BCUT2D eigenvalue weighted by Crippen LogP contribution is -2.35. The van der Waals surface area contributed by atoms with E-state index in [2.05, 4.69) is 51.2 Å². The number of aromatic nitrogens is 3. The molecule has 24 heavy (non-hydrogen) atoms. The van der Waals surface area contributed by atoms with E-state index in [1.807, 2.05) is 18.3 Å². The molecule has 5 nitrogen and oxygen atoms in total. The van der Waals surface area contributed by atoms with E-state index >= 15 is 0 Å². The van der Waals surface area contributed by atoms with Crippen LogP contribution in [0.4, 0.5) is 5.82 Å². The van der Waals surface area contributed by atoms with Crippen LogP contribution in [0.25, 0.3) is 10.9 Å². The summed E-state index contributed by atoms with van der Waals surface area (Å²) in [6.07, 6.45) is 5.54. The highest BCUT2D eigenvalue weighted by Crippen LogP contribution is 2.35. The number of pyridine rings is 1. The molecule has 0 unspecified atom stereocenters. The zero-order valence-electron chi connectivity index (χ0n) is 13.8. The van der Waals surface area contributed by atoms with Crippen LogP contribution < -0.4 is 10.6 Å². The fourth-order valence-corrected chi connectivity index (χ4v) is 3.34. The maximum absolute atomic E-state index is 5.90. The first-order valence-corrected chi connectivity index (χ1v) is 8.32. The van der Waals surface area contributed by atoms with Crippen molar-refractivity contribution in [1.29, 1.82) is 0 Å². The van der Waals surface area contributed by atoms with E-state index in [0.717, 1.165) is 36.4 Å². The molecule has 0 aliphatic heterocycles. The lowest BCUT2D eigenvalue weighted by Gasteiger charge is -2.32. The normalized spacial score (nSPS) is 19.9. The molecule has 0 spiro atoms. The van der Waals surface area contributed by atoms with Crippen LogP contribution in [0.1, 0.15) is 30.0 Å². The van der Waals surface area contributed by atoms with Gasteiger partial charge in [-0.1, -0.05) is 18.2 Å². The summed E-state index contributed by atoms with van der Waals surface area (Å²) in [5.41, 5.74) is 9.27. The molecule has 0 radical (unpaired) electrons. The Morgan fingerprint density at radius 3 is 2.83 bits per heavy atom. The minimum atomic E-state index is 0.328. The van der Waals surface area contributed by atoms with Gasteiger partial charge in [-0.2, -0.15) is 0 Å². The molecule has 122 valence electrons. The summed E-state index contributed by atoms with van der Waals surface area (Å²) in [7, 11) is 2.06. The van der Waals surface area contributed by atoms with Gasteiger partial charge < -0.3 is 10.6 Å². The zero-order chi connectivity index (χ0) is 16.5. The van der Waals surface area contributed by atoms with Gasteiger partial charge in [-0.3, -0.25) is 4.98 Å². The number of hydrogen-bond donors (Lipinski definition) is 1. The van der Waals surface area contributed by atoms with E-state index < -0.39 is 0 Å². The highest BCUT2D eigenvalue weighted by molar-refractivity contribution is 5.82. The molecule has 0 atom stereocenters. The lowest BCUT2D eigenvalue weighted by atomic mass is 9.78. The average molecular weight is 319 g/mol. The monoisotopic (exact) mass is 319 g/mol. The summed E-state index contributed by atoms with van der Waals surface area (Å²) in [6.45, 7) is 0.781. The Bertz CT molecular complexity index is 852. The van der Waals surface area contributed by atoms with Crippen molar-refractivity contribution in [2.75, 3.05) is 11.9 Å². The molecule has 0 amide bonds. The van der Waals surface area contributed by atoms with Crippen LogP contribution in [0.15, 0.2) is 48.9 Å². The Hall–Kier alpha value is -2.53. The first kappa shape index (κ1) is 15.0. The minimum Gasteiger partial charge on any atom is -0.355 e. The Morgan fingerprint density at radius 1 is 1.12 bits per heavy atom. The predicted molar refractivity (Wildman–Crippen MR) is 95.8 cm³/mol. The molecule has 1 saturated carbocycles. The van der Waals surface area contributed by atoms with Gasteiger partial charge in [0, 0.05) is 48.9 Å². The van der Waals surface area contributed by atoms with Gasteiger partial charge in [0.25, 0.3) is 0 Å². The Balaban J connectivity index is 1.57. The molecule has 1 aliphatic carbocycles. The molecule has 1 fully saturated rings. The van der Waals surface area contributed by atoms with Gasteiger partial charge in [0.15, 0.2) is 0 Å². The van der Waals surface area contributed by atoms with Gasteiger partial charge in [0.2, 0.25) is 0 Å². The summed E-state index contributed by atoms with van der Waals surface area (Å²) >= 11 is 0. The molecule has 1 aliphatic rings. The van der Waals surface area contributed by atoms with Gasteiger partial charge in [-0.25, -0.2) is 9.97 Å². The van der Waals surface area contributed by atoms with Crippen molar-refractivity contribution in [2.45, 2.75) is 31.3 Å². The molecule has 4 rings (SSSR count). The number of fused-ring (bicyclic) bond motifs is 1. The smallest absolute Gasteiger partial charge is 0.132 e. The van der Waals surface area contributed by atoms with E-state index in [1.165, 1.54) is 10.9 Å². The van der Waals surface area contributed by atoms with Gasteiger partial charge >= 0.3 is 0 Å². The highest BCUT2D eigenvalue weighted by atomic mass is 15.2. The Morgan fingerprint density at radius 2 is 2.00 bits per heavy atom. The van der Waals surface area contributed by atoms with Crippen LogP contribution in [0.5, 0.6) is 0 Å². The molecular formula is C19H21N5. The van der Waals surface area contributed by atoms with E-state index in [1.54, 1.807) is 6.33 Å². The minimum absolute atomic E-state index is 0.328. The van der Waals surface area contributed by atoms with Crippen molar-refractivity contribution in [3.63, 3.8) is 0 Å². The summed E-state index contributed by atoms with van der Waals surface area (Å²) in [4.78, 5) is 15.5. The number of benzene rings is 1. The van der Waals surface area contributed by atoms with Gasteiger partial charge in [0.1, 0.15) is 12.1 Å². The Kier molecular flexibility index (Phi) is 3.86. The second kappa shape index (κ2) is 6.17. The summed E-state index contributed by atoms with van der Waals surface area (Å²) in [6, 6.07) is 12.8. The molecule has 2 N–H and O–H groups in total. The van der Waals surface area contributed by atoms with Crippen LogP contribution >= 0.6 is 0 Å². The molecule has 2 aromatic heterocycles. The molecule has 3 aromatic rings. The molecule has 1 aromatic carbocycles. The summed E-state index contributed by atoms with van der Waals surface area (Å²) < 4.78 is 0. The van der Waals surface area contributed by atoms with Crippen LogP contribution in [0.3, 0.4) is 0 Å². The van der Waals surface area contributed by atoms with E-state index in [4.69, 9.17) is 5.73 Å². The van der Waals surface area contributed by atoms with Crippen LogP contribution in [-0.4, -0.2) is 28.0 Å². The van der Waals surface area contributed by atoms with Crippen LogP contribution in [-0.2, 0) is 6.54 Å².